The second kappa shape index (κ2) is 3.45. The molecule has 0 aliphatic heterocycles. The topological polar surface area (TPSA) is 56.0 Å². The molecule has 0 saturated carbocycles. The number of nitrogens with zero attached hydrogens (tertiary/aromatic N) is 1. The standard InChI is InChI=1S/C7H4ClF3N2O/c8-5-2-3(6(12)14)1-4(13-5)7(9,10)11/h1-2H,(H2,12,14). The lowest BCUT2D eigenvalue weighted by molar-refractivity contribution is -0.141. The fraction of sp³-hybridized carbons (Fsp3) is 0.143. The molecule has 0 unspecified atom stereocenters. The number of carbonyl (C=O) groups is 1. The van der Waals surface area contributed by atoms with Gasteiger partial charge in [-0.2, -0.15) is 13.2 Å². The van der Waals surface area contributed by atoms with Gasteiger partial charge in [0, 0.05) is 5.56 Å². The van der Waals surface area contributed by atoms with Crippen molar-refractivity contribution < 1.29 is 18.0 Å². The van der Waals surface area contributed by atoms with Gasteiger partial charge >= 0.3 is 6.18 Å². The third kappa shape index (κ3) is 2.35. The normalized spacial score (nSPS) is 11.4. The van der Waals surface area contributed by atoms with Gasteiger partial charge in [0.25, 0.3) is 0 Å². The summed E-state index contributed by atoms with van der Waals surface area (Å²) in [4.78, 5) is 13.6. The summed E-state index contributed by atoms with van der Waals surface area (Å²) in [6, 6.07) is 1.52. The summed E-state index contributed by atoms with van der Waals surface area (Å²) in [7, 11) is 0. The van der Waals surface area contributed by atoms with Gasteiger partial charge in [0.2, 0.25) is 5.91 Å². The molecule has 76 valence electrons. The van der Waals surface area contributed by atoms with Crippen LogP contribution < -0.4 is 5.73 Å². The van der Waals surface area contributed by atoms with E-state index in [2.05, 4.69) is 4.98 Å². The van der Waals surface area contributed by atoms with Gasteiger partial charge in [-0.25, -0.2) is 4.98 Å². The number of pyridine rings is 1. The first kappa shape index (κ1) is 10.8. The molecule has 0 aliphatic rings. The molecule has 14 heavy (non-hydrogen) atoms. The highest BCUT2D eigenvalue weighted by Gasteiger charge is 2.33. The molecule has 0 radical (unpaired) electrons. The van der Waals surface area contributed by atoms with Crippen LogP contribution in [0.2, 0.25) is 5.15 Å². The van der Waals surface area contributed by atoms with Crippen LogP contribution in [0, 0.1) is 0 Å². The minimum atomic E-state index is -4.64. The maximum absolute atomic E-state index is 12.1. The molecule has 1 amide bonds. The Hall–Kier alpha value is -1.30. The molecule has 0 fully saturated rings. The van der Waals surface area contributed by atoms with Crippen LogP contribution in [0.15, 0.2) is 12.1 Å². The van der Waals surface area contributed by atoms with Gasteiger partial charge in [-0.05, 0) is 12.1 Å². The van der Waals surface area contributed by atoms with Gasteiger partial charge in [0.1, 0.15) is 10.8 Å². The molecular formula is C7H4ClF3N2O. The van der Waals surface area contributed by atoms with Crippen LogP contribution in [-0.2, 0) is 6.18 Å². The number of primary amides is 1. The van der Waals surface area contributed by atoms with E-state index in [0.29, 0.717) is 6.07 Å². The minimum Gasteiger partial charge on any atom is -0.366 e. The van der Waals surface area contributed by atoms with Gasteiger partial charge in [-0.1, -0.05) is 11.6 Å². The third-order valence-corrected chi connectivity index (χ3v) is 1.56. The Morgan fingerprint density at radius 1 is 1.43 bits per heavy atom. The summed E-state index contributed by atoms with van der Waals surface area (Å²) in [5.74, 6) is -0.986. The molecule has 3 nitrogen and oxygen atoms in total. The second-order valence-electron chi connectivity index (χ2n) is 2.43. The molecule has 7 heteroatoms. The first-order chi connectivity index (χ1) is 6.30. The number of alkyl halides is 3. The first-order valence-corrected chi connectivity index (χ1v) is 3.73. The largest absolute Gasteiger partial charge is 0.433 e. The van der Waals surface area contributed by atoms with Crippen LogP contribution in [0.3, 0.4) is 0 Å². The quantitative estimate of drug-likeness (QED) is 0.740. The summed E-state index contributed by atoms with van der Waals surface area (Å²) in [6.45, 7) is 0. The van der Waals surface area contributed by atoms with Crippen molar-refractivity contribution in [3.8, 4) is 0 Å². The summed E-state index contributed by atoms with van der Waals surface area (Å²) >= 11 is 5.28. The highest BCUT2D eigenvalue weighted by atomic mass is 35.5. The van der Waals surface area contributed by atoms with Crippen molar-refractivity contribution >= 4 is 17.5 Å². The smallest absolute Gasteiger partial charge is 0.366 e. The molecule has 0 saturated heterocycles. The molecule has 0 aliphatic carbocycles. The lowest BCUT2D eigenvalue weighted by atomic mass is 10.2. The highest BCUT2D eigenvalue weighted by Crippen LogP contribution is 2.29. The number of hydrogen-bond donors (Lipinski definition) is 1. The van der Waals surface area contributed by atoms with Crippen LogP contribution in [0.5, 0.6) is 0 Å². The van der Waals surface area contributed by atoms with Crippen molar-refractivity contribution in [2.45, 2.75) is 6.18 Å². The molecular weight excluding hydrogens is 221 g/mol. The Labute approximate surface area is 81.7 Å². The monoisotopic (exact) mass is 224 g/mol. The number of hydrogen-bond acceptors (Lipinski definition) is 2. The van der Waals surface area contributed by atoms with E-state index in [4.69, 9.17) is 17.3 Å². The lowest BCUT2D eigenvalue weighted by Gasteiger charge is -2.06. The van der Waals surface area contributed by atoms with Crippen molar-refractivity contribution in [2.24, 2.45) is 5.73 Å². The van der Waals surface area contributed by atoms with Crippen molar-refractivity contribution in [2.75, 3.05) is 0 Å². The van der Waals surface area contributed by atoms with E-state index in [0.717, 1.165) is 6.07 Å². The zero-order valence-corrected chi connectivity index (χ0v) is 7.36. The molecule has 0 aromatic carbocycles. The van der Waals surface area contributed by atoms with E-state index in [1.165, 1.54) is 0 Å². The van der Waals surface area contributed by atoms with Crippen LogP contribution in [0.25, 0.3) is 0 Å². The Morgan fingerprint density at radius 3 is 2.43 bits per heavy atom. The predicted octanol–water partition coefficient (Wildman–Crippen LogP) is 1.85. The number of halogens is 4. The zero-order valence-electron chi connectivity index (χ0n) is 6.60. The van der Waals surface area contributed by atoms with Gasteiger partial charge in [-0.3, -0.25) is 4.79 Å². The molecule has 0 bridgehead atoms. The Morgan fingerprint density at radius 2 is 2.00 bits per heavy atom. The van der Waals surface area contributed by atoms with Gasteiger partial charge < -0.3 is 5.73 Å². The summed E-state index contributed by atoms with van der Waals surface area (Å²) in [5.41, 5.74) is 3.24. The van der Waals surface area contributed by atoms with Gasteiger partial charge in [0.05, 0.1) is 0 Å². The third-order valence-electron chi connectivity index (χ3n) is 1.37. The van der Waals surface area contributed by atoms with E-state index in [1.54, 1.807) is 0 Å². The fourth-order valence-electron chi connectivity index (χ4n) is 0.784. The van der Waals surface area contributed by atoms with E-state index >= 15 is 0 Å². The zero-order chi connectivity index (χ0) is 10.9. The van der Waals surface area contributed by atoms with Gasteiger partial charge in [0.15, 0.2) is 0 Å². The maximum atomic E-state index is 12.1. The molecule has 1 aromatic rings. The molecule has 0 spiro atoms. The maximum Gasteiger partial charge on any atom is 0.433 e. The average Bonchev–Trinajstić information content (AvgIpc) is 2.01. The number of amides is 1. The van der Waals surface area contributed by atoms with Crippen LogP contribution in [-0.4, -0.2) is 10.9 Å². The Bertz CT molecular complexity index is 378. The lowest BCUT2D eigenvalue weighted by Crippen LogP contribution is -2.15. The Balaban J connectivity index is 3.28. The number of rotatable bonds is 1. The molecule has 1 aromatic heterocycles. The molecule has 2 N–H and O–H groups in total. The van der Waals surface area contributed by atoms with Crippen LogP contribution >= 0.6 is 11.6 Å². The van der Waals surface area contributed by atoms with Crippen molar-refractivity contribution in [1.82, 2.24) is 4.98 Å². The summed E-state index contributed by atoms with van der Waals surface area (Å²) in [5, 5.41) is -0.423. The van der Waals surface area contributed by atoms with E-state index in [9.17, 15) is 18.0 Å². The summed E-state index contributed by atoms with van der Waals surface area (Å²) in [6.07, 6.45) is -4.64. The molecule has 1 rings (SSSR count). The molecule has 0 atom stereocenters. The van der Waals surface area contributed by atoms with Crippen LogP contribution in [0.4, 0.5) is 13.2 Å². The SMILES string of the molecule is NC(=O)c1cc(Cl)nc(C(F)(F)F)c1. The van der Waals surface area contributed by atoms with E-state index < -0.39 is 22.9 Å². The predicted molar refractivity (Wildman–Crippen MR) is 42.8 cm³/mol. The minimum absolute atomic E-state index is 0.322. The number of nitrogens with two attached hydrogens (primary N) is 1. The number of carbonyl (C=O) groups excluding carboxylic acids is 1. The average molecular weight is 225 g/mol. The summed E-state index contributed by atoms with van der Waals surface area (Å²) < 4.78 is 36.4. The molecule has 1 heterocycles. The van der Waals surface area contributed by atoms with E-state index in [1.807, 2.05) is 0 Å². The fourth-order valence-corrected chi connectivity index (χ4v) is 0.993. The van der Waals surface area contributed by atoms with Crippen molar-refractivity contribution in [3.63, 3.8) is 0 Å². The van der Waals surface area contributed by atoms with Crippen molar-refractivity contribution in [1.29, 1.82) is 0 Å². The van der Waals surface area contributed by atoms with Crippen LogP contribution in [0.1, 0.15) is 16.1 Å². The van der Waals surface area contributed by atoms with E-state index in [-0.39, 0.29) is 5.56 Å². The Kier molecular flexibility index (Phi) is 2.66. The second-order valence-corrected chi connectivity index (χ2v) is 2.81. The van der Waals surface area contributed by atoms with Gasteiger partial charge in [-0.15, -0.1) is 0 Å². The van der Waals surface area contributed by atoms with Crippen molar-refractivity contribution in [3.05, 3.63) is 28.5 Å². The number of aromatic nitrogens is 1. The highest BCUT2D eigenvalue weighted by molar-refractivity contribution is 6.29. The first-order valence-electron chi connectivity index (χ1n) is 3.35.